The third kappa shape index (κ3) is 2.62. The third-order valence-corrected chi connectivity index (χ3v) is 4.41. The summed E-state index contributed by atoms with van der Waals surface area (Å²) in [7, 11) is 0. The molecular weight excluding hydrogens is 224 g/mol. The van der Waals surface area contributed by atoms with Crippen LogP contribution in [0.15, 0.2) is 16.5 Å². The molecule has 0 spiro atoms. The molecule has 1 fully saturated rings. The molecule has 0 aliphatic carbocycles. The minimum Gasteiger partial charge on any atom is -0.464 e. The summed E-state index contributed by atoms with van der Waals surface area (Å²) in [6.07, 6.45) is 3.54. The number of rotatable bonds is 4. The van der Waals surface area contributed by atoms with Gasteiger partial charge in [0.05, 0.1) is 6.04 Å². The highest BCUT2D eigenvalue weighted by molar-refractivity contribution is 5.12. The van der Waals surface area contributed by atoms with Crippen LogP contribution in [-0.2, 0) is 6.42 Å². The summed E-state index contributed by atoms with van der Waals surface area (Å²) in [4.78, 5) is 2.52. The first-order chi connectivity index (χ1) is 8.67. The van der Waals surface area contributed by atoms with Gasteiger partial charge in [0.15, 0.2) is 0 Å². The highest BCUT2D eigenvalue weighted by Crippen LogP contribution is 2.31. The molecule has 1 saturated heterocycles. The Morgan fingerprint density at radius 1 is 1.44 bits per heavy atom. The van der Waals surface area contributed by atoms with Crippen LogP contribution >= 0.6 is 0 Å². The Bertz CT molecular complexity index is 374. The van der Waals surface area contributed by atoms with Crippen LogP contribution in [0.3, 0.4) is 0 Å². The average molecular weight is 250 g/mol. The Hall–Kier alpha value is -0.800. The van der Waals surface area contributed by atoms with Gasteiger partial charge in [0.2, 0.25) is 0 Å². The fourth-order valence-electron chi connectivity index (χ4n) is 2.99. The molecule has 1 aliphatic rings. The van der Waals surface area contributed by atoms with Gasteiger partial charge in [-0.2, -0.15) is 0 Å². The lowest BCUT2D eigenvalue weighted by atomic mass is 9.90. The van der Waals surface area contributed by atoms with E-state index in [0.29, 0.717) is 12.6 Å². The monoisotopic (exact) mass is 250 g/mol. The maximum absolute atomic E-state index is 5.99. The van der Waals surface area contributed by atoms with E-state index >= 15 is 0 Å². The number of hydrogen-bond donors (Lipinski definition) is 1. The Morgan fingerprint density at radius 2 is 2.22 bits per heavy atom. The molecule has 2 N–H and O–H groups in total. The molecule has 3 unspecified atom stereocenters. The largest absolute Gasteiger partial charge is 0.464 e. The molecule has 0 radical (unpaired) electrons. The maximum atomic E-state index is 5.99. The lowest BCUT2D eigenvalue weighted by Gasteiger charge is -2.41. The molecule has 1 aromatic heterocycles. The minimum absolute atomic E-state index is 0.239. The first-order valence-electron chi connectivity index (χ1n) is 7.21. The topological polar surface area (TPSA) is 42.4 Å². The first-order valence-corrected chi connectivity index (χ1v) is 7.21. The third-order valence-electron chi connectivity index (χ3n) is 4.41. The van der Waals surface area contributed by atoms with Gasteiger partial charge in [-0.25, -0.2) is 0 Å². The molecule has 0 aromatic carbocycles. The van der Waals surface area contributed by atoms with Crippen LogP contribution in [-0.4, -0.2) is 24.0 Å². The number of aryl methyl sites for hydroxylation is 1. The zero-order chi connectivity index (χ0) is 13.1. The predicted octanol–water partition coefficient (Wildman–Crippen LogP) is 2.96. The van der Waals surface area contributed by atoms with Crippen LogP contribution in [0.5, 0.6) is 0 Å². The summed E-state index contributed by atoms with van der Waals surface area (Å²) in [6, 6.07) is 5.00. The van der Waals surface area contributed by atoms with E-state index in [9.17, 15) is 0 Å². The second-order valence-electron chi connectivity index (χ2n) is 5.51. The molecule has 3 heteroatoms. The van der Waals surface area contributed by atoms with Gasteiger partial charge in [-0.1, -0.05) is 13.8 Å². The molecular formula is C15H26N2O. The van der Waals surface area contributed by atoms with E-state index in [-0.39, 0.29) is 6.04 Å². The number of hydrogen-bond acceptors (Lipinski definition) is 3. The van der Waals surface area contributed by atoms with Crippen molar-refractivity contribution in [2.45, 2.75) is 52.1 Å². The zero-order valence-corrected chi connectivity index (χ0v) is 11.9. The van der Waals surface area contributed by atoms with Crippen molar-refractivity contribution in [3.05, 3.63) is 23.7 Å². The molecule has 2 heterocycles. The van der Waals surface area contributed by atoms with Crippen molar-refractivity contribution < 1.29 is 4.42 Å². The second kappa shape index (κ2) is 5.89. The molecule has 1 aromatic rings. The van der Waals surface area contributed by atoms with Gasteiger partial charge in [-0.15, -0.1) is 0 Å². The zero-order valence-electron chi connectivity index (χ0n) is 11.9. The van der Waals surface area contributed by atoms with Crippen molar-refractivity contribution >= 4 is 0 Å². The quantitative estimate of drug-likeness (QED) is 0.893. The van der Waals surface area contributed by atoms with Crippen molar-refractivity contribution in [1.82, 2.24) is 4.90 Å². The van der Waals surface area contributed by atoms with Gasteiger partial charge >= 0.3 is 0 Å². The van der Waals surface area contributed by atoms with Gasteiger partial charge in [0.1, 0.15) is 11.5 Å². The number of furan rings is 1. The predicted molar refractivity (Wildman–Crippen MR) is 74.4 cm³/mol. The fraction of sp³-hybridized carbons (Fsp3) is 0.733. The fourth-order valence-corrected chi connectivity index (χ4v) is 2.99. The summed E-state index contributed by atoms with van der Waals surface area (Å²) in [5.41, 5.74) is 5.99. The lowest BCUT2D eigenvalue weighted by molar-refractivity contribution is 0.0608. The van der Waals surface area contributed by atoms with Gasteiger partial charge < -0.3 is 10.2 Å². The van der Waals surface area contributed by atoms with E-state index < -0.39 is 0 Å². The average Bonchev–Trinajstić information content (AvgIpc) is 2.84. The van der Waals surface area contributed by atoms with Crippen LogP contribution in [0.4, 0.5) is 0 Å². The molecule has 2 rings (SSSR count). The Morgan fingerprint density at radius 3 is 2.83 bits per heavy atom. The van der Waals surface area contributed by atoms with Gasteiger partial charge in [-0.3, -0.25) is 4.90 Å². The summed E-state index contributed by atoms with van der Waals surface area (Å²) in [5.74, 6) is 2.84. The molecule has 3 nitrogen and oxygen atoms in total. The number of nitrogens with two attached hydrogens (primary N) is 1. The SMILES string of the molecule is CCc1ccc(C(CN)N2CCCC(C)C2C)o1. The molecule has 0 saturated carbocycles. The highest BCUT2D eigenvalue weighted by atomic mass is 16.3. The van der Waals surface area contributed by atoms with E-state index in [4.69, 9.17) is 10.2 Å². The molecule has 102 valence electrons. The maximum Gasteiger partial charge on any atom is 0.122 e. The van der Waals surface area contributed by atoms with E-state index in [0.717, 1.165) is 30.4 Å². The van der Waals surface area contributed by atoms with Gasteiger partial charge in [-0.05, 0) is 44.4 Å². The molecule has 0 bridgehead atoms. The van der Waals surface area contributed by atoms with E-state index in [1.807, 2.05) is 0 Å². The van der Waals surface area contributed by atoms with Crippen LogP contribution in [0.25, 0.3) is 0 Å². The normalized spacial score (nSPS) is 27.3. The smallest absolute Gasteiger partial charge is 0.122 e. The van der Waals surface area contributed by atoms with Crippen LogP contribution in [0, 0.1) is 5.92 Å². The number of piperidine rings is 1. The standard InChI is InChI=1S/C15H26N2O/c1-4-13-7-8-15(18-13)14(10-16)17-9-5-6-11(2)12(17)3/h7-8,11-12,14H,4-6,9-10,16H2,1-3H3. The van der Waals surface area contributed by atoms with E-state index in [1.54, 1.807) is 0 Å². The van der Waals surface area contributed by atoms with E-state index in [2.05, 4.69) is 37.8 Å². The van der Waals surface area contributed by atoms with Crippen molar-refractivity contribution in [3.8, 4) is 0 Å². The summed E-state index contributed by atoms with van der Waals surface area (Å²) >= 11 is 0. The van der Waals surface area contributed by atoms with Crippen molar-refractivity contribution in [2.24, 2.45) is 11.7 Å². The second-order valence-corrected chi connectivity index (χ2v) is 5.51. The highest BCUT2D eigenvalue weighted by Gasteiger charge is 2.31. The Balaban J connectivity index is 2.16. The lowest BCUT2D eigenvalue weighted by Crippen LogP contribution is -2.46. The molecule has 1 aliphatic heterocycles. The van der Waals surface area contributed by atoms with Crippen LogP contribution in [0.2, 0.25) is 0 Å². The van der Waals surface area contributed by atoms with E-state index in [1.165, 1.54) is 12.8 Å². The Kier molecular flexibility index (Phi) is 4.46. The minimum atomic E-state index is 0.239. The first kappa shape index (κ1) is 13.6. The van der Waals surface area contributed by atoms with Crippen molar-refractivity contribution in [2.75, 3.05) is 13.1 Å². The van der Waals surface area contributed by atoms with Crippen molar-refractivity contribution in [1.29, 1.82) is 0 Å². The summed E-state index contributed by atoms with van der Waals surface area (Å²) in [6.45, 7) is 8.54. The van der Waals surface area contributed by atoms with Gasteiger partial charge in [0.25, 0.3) is 0 Å². The molecule has 0 amide bonds. The molecule has 18 heavy (non-hydrogen) atoms. The van der Waals surface area contributed by atoms with Crippen LogP contribution < -0.4 is 5.73 Å². The van der Waals surface area contributed by atoms with Crippen LogP contribution in [0.1, 0.15) is 51.2 Å². The molecule has 3 atom stereocenters. The summed E-state index contributed by atoms with van der Waals surface area (Å²) in [5, 5.41) is 0. The number of likely N-dealkylation sites (tertiary alicyclic amines) is 1. The Labute approximate surface area is 110 Å². The van der Waals surface area contributed by atoms with Gasteiger partial charge in [0, 0.05) is 19.0 Å². The van der Waals surface area contributed by atoms with Crippen molar-refractivity contribution in [3.63, 3.8) is 0 Å². The number of nitrogens with zero attached hydrogens (tertiary/aromatic N) is 1. The summed E-state index contributed by atoms with van der Waals surface area (Å²) < 4.78 is 5.90.